The van der Waals surface area contributed by atoms with Crippen molar-refractivity contribution in [1.82, 2.24) is 15.5 Å². The highest BCUT2D eigenvalue weighted by Gasteiger charge is 2.32. The van der Waals surface area contributed by atoms with Crippen LogP contribution in [0.25, 0.3) is 0 Å². The number of hydrogen-bond donors (Lipinski definition) is 1. The van der Waals surface area contributed by atoms with Crippen molar-refractivity contribution in [3.05, 3.63) is 11.7 Å². The summed E-state index contributed by atoms with van der Waals surface area (Å²) in [5.74, 6) is 1.51. The molecule has 5 heteroatoms. The van der Waals surface area contributed by atoms with Gasteiger partial charge in [-0.3, -0.25) is 0 Å². The summed E-state index contributed by atoms with van der Waals surface area (Å²) in [7, 11) is 1.68. The number of hydrogen-bond acceptors (Lipinski definition) is 5. The topological polar surface area (TPSA) is 60.2 Å². The molecule has 0 radical (unpaired) electrons. The van der Waals surface area contributed by atoms with Crippen LogP contribution in [0.2, 0.25) is 0 Å². The van der Waals surface area contributed by atoms with E-state index in [0.717, 1.165) is 19.4 Å². The fourth-order valence-corrected chi connectivity index (χ4v) is 2.14. The molecule has 0 bridgehead atoms. The van der Waals surface area contributed by atoms with Crippen LogP contribution >= 0.6 is 0 Å². The second-order valence-corrected chi connectivity index (χ2v) is 5.11. The molecule has 0 aliphatic carbocycles. The lowest BCUT2D eigenvalue weighted by Crippen LogP contribution is -2.33. The van der Waals surface area contributed by atoms with Gasteiger partial charge in [-0.15, -0.1) is 0 Å². The second kappa shape index (κ2) is 7.01. The van der Waals surface area contributed by atoms with Crippen LogP contribution in [0.3, 0.4) is 0 Å². The molecule has 1 heterocycles. The Balaban J connectivity index is 2.89. The van der Waals surface area contributed by atoms with E-state index in [4.69, 9.17) is 9.26 Å². The second-order valence-electron chi connectivity index (χ2n) is 5.11. The first-order chi connectivity index (χ1) is 9.02. The molecular weight excluding hydrogens is 242 g/mol. The molecule has 0 aromatic carbocycles. The van der Waals surface area contributed by atoms with Crippen molar-refractivity contribution < 1.29 is 9.26 Å². The standard InChI is InChI=1S/C14H27N3O2/c1-7-11(15-9-3)10(4)12-16-13(17-19-12)14(5,8-2)18-6/h10-11,15H,7-9H2,1-6H3. The molecule has 0 fully saturated rings. The lowest BCUT2D eigenvalue weighted by Gasteiger charge is -2.22. The molecule has 1 N–H and O–H groups in total. The molecule has 1 aromatic rings. The number of ether oxygens (including phenoxy) is 1. The number of rotatable bonds is 8. The van der Waals surface area contributed by atoms with E-state index in [1.54, 1.807) is 7.11 Å². The van der Waals surface area contributed by atoms with Gasteiger partial charge in [-0.2, -0.15) is 4.98 Å². The summed E-state index contributed by atoms with van der Waals surface area (Å²) >= 11 is 0. The van der Waals surface area contributed by atoms with Gasteiger partial charge in [-0.25, -0.2) is 0 Å². The van der Waals surface area contributed by atoms with E-state index in [-0.39, 0.29) is 5.92 Å². The van der Waals surface area contributed by atoms with E-state index >= 15 is 0 Å². The van der Waals surface area contributed by atoms with Gasteiger partial charge in [-0.05, 0) is 26.3 Å². The fourth-order valence-electron chi connectivity index (χ4n) is 2.14. The van der Waals surface area contributed by atoms with E-state index < -0.39 is 5.60 Å². The predicted octanol–water partition coefficient (Wildman–Crippen LogP) is 2.83. The number of methoxy groups -OCH3 is 1. The first kappa shape index (κ1) is 16.1. The first-order valence-electron chi connectivity index (χ1n) is 7.14. The summed E-state index contributed by atoms with van der Waals surface area (Å²) in [6, 6.07) is 0.355. The van der Waals surface area contributed by atoms with Crippen LogP contribution in [0, 0.1) is 0 Å². The molecule has 0 saturated carbocycles. The minimum Gasteiger partial charge on any atom is -0.370 e. The number of aromatic nitrogens is 2. The number of likely N-dealkylation sites (N-methyl/N-ethyl adjacent to an activating group) is 1. The summed E-state index contributed by atoms with van der Waals surface area (Å²) in [4.78, 5) is 4.53. The molecule has 1 aromatic heterocycles. The Bertz CT molecular complexity index is 375. The third-order valence-corrected chi connectivity index (χ3v) is 3.94. The van der Waals surface area contributed by atoms with E-state index in [1.807, 2.05) is 6.92 Å². The summed E-state index contributed by atoms with van der Waals surface area (Å²) < 4.78 is 10.9. The van der Waals surface area contributed by atoms with Gasteiger partial charge < -0.3 is 14.6 Å². The van der Waals surface area contributed by atoms with Crippen LogP contribution < -0.4 is 5.32 Å². The third-order valence-electron chi connectivity index (χ3n) is 3.94. The quantitative estimate of drug-likeness (QED) is 0.786. The average molecular weight is 269 g/mol. The van der Waals surface area contributed by atoms with E-state index in [2.05, 4.69) is 43.2 Å². The van der Waals surface area contributed by atoms with Crippen LogP contribution in [-0.2, 0) is 10.3 Å². The van der Waals surface area contributed by atoms with Crippen molar-refractivity contribution in [1.29, 1.82) is 0 Å². The molecule has 0 saturated heterocycles. The Labute approximate surface area is 116 Å². The van der Waals surface area contributed by atoms with Gasteiger partial charge in [0.2, 0.25) is 11.7 Å². The van der Waals surface area contributed by atoms with Gasteiger partial charge in [0.25, 0.3) is 0 Å². The molecule has 5 nitrogen and oxygen atoms in total. The maximum absolute atomic E-state index is 5.50. The minimum absolute atomic E-state index is 0.198. The van der Waals surface area contributed by atoms with Gasteiger partial charge in [0.05, 0.1) is 5.92 Å². The van der Waals surface area contributed by atoms with Crippen molar-refractivity contribution in [2.45, 2.75) is 65.0 Å². The number of nitrogens with zero attached hydrogens (tertiary/aromatic N) is 2. The van der Waals surface area contributed by atoms with E-state index in [1.165, 1.54) is 0 Å². The Morgan fingerprint density at radius 3 is 2.53 bits per heavy atom. The zero-order valence-corrected chi connectivity index (χ0v) is 13.0. The Morgan fingerprint density at radius 2 is 2.05 bits per heavy atom. The Kier molecular flexibility index (Phi) is 5.94. The van der Waals surface area contributed by atoms with Crippen LogP contribution in [0.4, 0.5) is 0 Å². The molecule has 3 atom stereocenters. The van der Waals surface area contributed by atoms with Crippen LogP contribution in [-0.4, -0.2) is 29.8 Å². The van der Waals surface area contributed by atoms with Gasteiger partial charge in [0.15, 0.2) is 0 Å². The monoisotopic (exact) mass is 269 g/mol. The van der Waals surface area contributed by atoms with Crippen molar-refractivity contribution in [2.75, 3.05) is 13.7 Å². The SMILES string of the molecule is CCNC(CC)C(C)c1nc(C(C)(CC)OC)no1. The van der Waals surface area contributed by atoms with Crippen LogP contribution in [0.5, 0.6) is 0 Å². The van der Waals surface area contributed by atoms with Crippen LogP contribution in [0.15, 0.2) is 4.52 Å². The Hall–Kier alpha value is -0.940. The van der Waals surface area contributed by atoms with Gasteiger partial charge in [-0.1, -0.05) is 32.9 Å². The van der Waals surface area contributed by atoms with Gasteiger partial charge >= 0.3 is 0 Å². The molecule has 3 unspecified atom stereocenters. The summed E-state index contributed by atoms with van der Waals surface area (Å²) in [5.41, 5.74) is -0.471. The zero-order valence-electron chi connectivity index (χ0n) is 13.0. The largest absolute Gasteiger partial charge is 0.370 e. The molecule has 0 aliphatic heterocycles. The molecule has 0 aliphatic rings. The Morgan fingerprint density at radius 1 is 1.37 bits per heavy atom. The lowest BCUT2D eigenvalue weighted by atomic mass is 9.99. The fraction of sp³-hybridized carbons (Fsp3) is 0.857. The minimum atomic E-state index is -0.471. The normalized spacial score (nSPS) is 18.0. The first-order valence-corrected chi connectivity index (χ1v) is 7.14. The highest BCUT2D eigenvalue weighted by atomic mass is 16.5. The zero-order chi connectivity index (χ0) is 14.5. The van der Waals surface area contributed by atoms with Crippen molar-refractivity contribution >= 4 is 0 Å². The number of nitrogens with one attached hydrogen (secondary N) is 1. The average Bonchev–Trinajstić information content (AvgIpc) is 2.93. The molecule has 0 spiro atoms. The van der Waals surface area contributed by atoms with E-state index in [9.17, 15) is 0 Å². The van der Waals surface area contributed by atoms with Gasteiger partial charge in [0, 0.05) is 13.2 Å². The maximum Gasteiger partial charge on any atom is 0.231 e. The molecule has 110 valence electrons. The highest BCUT2D eigenvalue weighted by Crippen LogP contribution is 2.28. The molecule has 19 heavy (non-hydrogen) atoms. The van der Waals surface area contributed by atoms with Crippen molar-refractivity contribution in [2.24, 2.45) is 0 Å². The van der Waals surface area contributed by atoms with Gasteiger partial charge in [0.1, 0.15) is 5.60 Å². The van der Waals surface area contributed by atoms with E-state index in [0.29, 0.717) is 17.8 Å². The van der Waals surface area contributed by atoms with Crippen molar-refractivity contribution in [3.63, 3.8) is 0 Å². The third kappa shape index (κ3) is 3.54. The summed E-state index contributed by atoms with van der Waals surface area (Å²) in [5, 5.41) is 7.54. The van der Waals surface area contributed by atoms with Crippen molar-refractivity contribution in [3.8, 4) is 0 Å². The molecule has 0 amide bonds. The molecule has 1 rings (SSSR count). The summed E-state index contributed by atoms with van der Waals surface area (Å²) in [6.45, 7) is 11.4. The summed E-state index contributed by atoms with van der Waals surface area (Å²) in [6.07, 6.45) is 1.84. The molecular formula is C14H27N3O2. The smallest absolute Gasteiger partial charge is 0.231 e. The highest BCUT2D eigenvalue weighted by molar-refractivity contribution is 5.03. The lowest BCUT2D eigenvalue weighted by molar-refractivity contribution is -0.0106. The van der Waals surface area contributed by atoms with Crippen LogP contribution in [0.1, 0.15) is 65.1 Å². The maximum atomic E-state index is 5.50. The predicted molar refractivity (Wildman–Crippen MR) is 75.1 cm³/mol.